The van der Waals surface area contributed by atoms with E-state index in [4.69, 9.17) is 23.2 Å². The summed E-state index contributed by atoms with van der Waals surface area (Å²) in [6, 6.07) is 16.3. The molecule has 10 heteroatoms. The monoisotopic (exact) mass is 657 g/mol. The molecule has 4 rings (SSSR count). The fraction of sp³-hybridized carbons (Fsp3) is 0.412. The van der Waals surface area contributed by atoms with Crippen molar-refractivity contribution in [2.75, 3.05) is 10.8 Å². The van der Waals surface area contributed by atoms with Crippen molar-refractivity contribution in [2.24, 2.45) is 0 Å². The van der Waals surface area contributed by atoms with E-state index >= 15 is 0 Å². The predicted octanol–water partition coefficient (Wildman–Crippen LogP) is 7.37. The van der Waals surface area contributed by atoms with Crippen LogP contribution in [0.1, 0.15) is 67.7 Å². The van der Waals surface area contributed by atoms with Crippen LogP contribution in [0.5, 0.6) is 0 Å². The van der Waals surface area contributed by atoms with Crippen LogP contribution in [0.25, 0.3) is 0 Å². The van der Waals surface area contributed by atoms with Crippen LogP contribution in [0, 0.1) is 20.8 Å². The number of benzene rings is 3. The zero-order valence-electron chi connectivity index (χ0n) is 25.8. The van der Waals surface area contributed by atoms with E-state index in [1.54, 1.807) is 48.5 Å². The molecule has 1 N–H and O–H groups in total. The number of sulfonamides is 1. The first-order valence-electron chi connectivity index (χ1n) is 15.1. The van der Waals surface area contributed by atoms with Crippen LogP contribution >= 0.6 is 23.2 Å². The van der Waals surface area contributed by atoms with Gasteiger partial charge in [-0.2, -0.15) is 0 Å². The highest BCUT2D eigenvalue weighted by molar-refractivity contribution is 7.92. The van der Waals surface area contributed by atoms with Crippen LogP contribution in [0.15, 0.2) is 65.6 Å². The highest BCUT2D eigenvalue weighted by Gasteiger charge is 2.35. The van der Waals surface area contributed by atoms with Crippen LogP contribution in [-0.4, -0.2) is 43.8 Å². The summed E-state index contributed by atoms with van der Waals surface area (Å²) >= 11 is 13.1. The Bertz CT molecular complexity index is 1570. The minimum atomic E-state index is -4.17. The quantitative estimate of drug-likeness (QED) is 0.233. The molecule has 0 saturated heterocycles. The molecule has 1 saturated carbocycles. The molecule has 44 heavy (non-hydrogen) atoms. The zero-order chi connectivity index (χ0) is 32.0. The maximum atomic E-state index is 14.4. The van der Waals surface area contributed by atoms with Crippen molar-refractivity contribution >= 4 is 50.7 Å². The molecular formula is C34H41Cl2N3O4S. The van der Waals surface area contributed by atoms with Crippen molar-refractivity contribution in [3.05, 3.63) is 93.0 Å². The Labute approximate surface area is 271 Å². The lowest BCUT2D eigenvalue weighted by Gasteiger charge is -2.35. The molecule has 1 fully saturated rings. The van der Waals surface area contributed by atoms with Gasteiger partial charge in [0.05, 0.1) is 10.6 Å². The summed E-state index contributed by atoms with van der Waals surface area (Å²) < 4.78 is 29.6. The van der Waals surface area contributed by atoms with Gasteiger partial charge in [0.1, 0.15) is 12.6 Å². The van der Waals surface area contributed by atoms with Gasteiger partial charge in [0.15, 0.2) is 0 Å². The number of nitrogens with zero attached hydrogens (tertiary/aromatic N) is 2. The zero-order valence-corrected chi connectivity index (χ0v) is 28.1. The number of rotatable bonds is 11. The summed E-state index contributed by atoms with van der Waals surface area (Å²) in [4.78, 5) is 29.7. The van der Waals surface area contributed by atoms with Crippen molar-refractivity contribution in [3.63, 3.8) is 0 Å². The number of carbonyl (C=O) groups excluding carboxylic acids is 2. The SMILES string of the molecule is CC[C@H](C(=O)NC1CCCCC1)N(Cc1c(Cl)cccc1Cl)C(=O)CN(c1cc(C)ccc1C)S(=O)(=O)c1ccc(C)cc1. The number of carbonyl (C=O) groups is 2. The van der Waals surface area contributed by atoms with Gasteiger partial charge in [-0.15, -0.1) is 0 Å². The Morgan fingerprint density at radius 1 is 0.909 bits per heavy atom. The number of aryl methyl sites for hydroxylation is 3. The first-order valence-corrected chi connectivity index (χ1v) is 17.3. The van der Waals surface area contributed by atoms with Crippen molar-refractivity contribution in [2.45, 2.75) is 89.7 Å². The van der Waals surface area contributed by atoms with Gasteiger partial charge in [0, 0.05) is 28.2 Å². The van der Waals surface area contributed by atoms with Gasteiger partial charge >= 0.3 is 0 Å². The lowest BCUT2D eigenvalue weighted by Crippen LogP contribution is -2.54. The molecular weight excluding hydrogens is 617 g/mol. The molecule has 1 aliphatic carbocycles. The minimum absolute atomic E-state index is 0.0412. The van der Waals surface area contributed by atoms with E-state index < -0.39 is 28.5 Å². The second-order valence-corrected chi connectivity index (χ2v) is 14.3. The maximum Gasteiger partial charge on any atom is 0.264 e. The van der Waals surface area contributed by atoms with E-state index in [1.807, 2.05) is 39.8 Å². The fourth-order valence-corrected chi connectivity index (χ4v) is 7.64. The second kappa shape index (κ2) is 14.8. The lowest BCUT2D eigenvalue weighted by atomic mass is 9.95. The Balaban J connectivity index is 1.77. The third kappa shape index (κ3) is 7.95. The summed E-state index contributed by atoms with van der Waals surface area (Å²) in [7, 11) is -4.17. The van der Waals surface area contributed by atoms with Gasteiger partial charge in [-0.05, 0) is 81.5 Å². The van der Waals surface area contributed by atoms with Crippen molar-refractivity contribution in [3.8, 4) is 0 Å². The van der Waals surface area contributed by atoms with E-state index in [-0.39, 0.29) is 23.4 Å². The van der Waals surface area contributed by atoms with Gasteiger partial charge < -0.3 is 10.2 Å². The second-order valence-electron chi connectivity index (χ2n) is 11.6. The molecule has 2 amide bonds. The van der Waals surface area contributed by atoms with Crippen LogP contribution < -0.4 is 9.62 Å². The Morgan fingerprint density at radius 3 is 2.14 bits per heavy atom. The highest BCUT2D eigenvalue weighted by atomic mass is 35.5. The molecule has 236 valence electrons. The smallest absolute Gasteiger partial charge is 0.264 e. The largest absolute Gasteiger partial charge is 0.352 e. The lowest BCUT2D eigenvalue weighted by molar-refractivity contribution is -0.140. The number of hydrogen-bond donors (Lipinski definition) is 1. The van der Waals surface area contributed by atoms with E-state index in [9.17, 15) is 18.0 Å². The van der Waals surface area contributed by atoms with Gasteiger partial charge in [0.2, 0.25) is 11.8 Å². The predicted molar refractivity (Wildman–Crippen MR) is 178 cm³/mol. The number of halogens is 2. The molecule has 3 aromatic carbocycles. The van der Waals surface area contributed by atoms with Crippen LogP contribution in [0.2, 0.25) is 10.0 Å². The van der Waals surface area contributed by atoms with Crippen molar-refractivity contribution in [1.29, 1.82) is 0 Å². The fourth-order valence-electron chi connectivity index (χ4n) is 5.66. The van der Waals surface area contributed by atoms with Gasteiger partial charge in [-0.25, -0.2) is 8.42 Å². The van der Waals surface area contributed by atoms with E-state index in [1.165, 1.54) is 4.90 Å². The summed E-state index contributed by atoms with van der Waals surface area (Å²) in [5.41, 5.74) is 3.35. The number of anilines is 1. The highest BCUT2D eigenvalue weighted by Crippen LogP contribution is 2.31. The third-order valence-electron chi connectivity index (χ3n) is 8.25. The molecule has 1 atom stereocenters. The van der Waals surface area contributed by atoms with E-state index in [0.29, 0.717) is 33.3 Å². The van der Waals surface area contributed by atoms with Gasteiger partial charge in [-0.1, -0.05) is 85.3 Å². The Kier molecular flexibility index (Phi) is 11.4. The van der Waals surface area contributed by atoms with Gasteiger partial charge in [-0.3, -0.25) is 13.9 Å². The van der Waals surface area contributed by atoms with Crippen LogP contribution in [-0.2, 0) is 26.2 Å². The molecule has 0 aliphatic heterocycles. The standard InChI is InChI=1S/C34H41Cl2N3O4S/c1-5-31(34(41)37-26-10-7-6-8-11-26)38(21-28-29(35)12-9-13-30(28)36)33(40)22-39(32-20-24(3)14-17-25(32)4)44(42,43)27-18-15-23(2)16-19-27/h9,12-20,26,31H,5-8,10-11,21-22H2,1-4H3,(H,37,41)/t31-/m1/s1. The molecule has 0 aromatic heterocycles. The molecule has 3 aromatic rings. The minimum Gasteiger partial charge on any atom is -0.352 e. The summed E-state index contributed by atoms with van der Waals surface area (Å²) in [5.74, 6) is -0.807. The van der Waals surface area contributed by atoms with Crippen molar-refractivity contribution in [1.82, 2.24) is 10.2 Å². The topological polar surface area (TPSA) is 86.8 Å². The summed E-state index contributed by atoms with van der Waals surface area (Å²) in [6.45, 7) is 6.82. The molecule has 0 radical (unpaired) electrons. The summed E-state index contributed by atoms with van der Waals surface area (Å²) in [5, 5.41) is 3.87. The normalized spacial score (nSPS) is 14.6. The Morgan fingerprint density at radius 2 is 1.52 bits per heavy atom. The summed E-state index contributed by atoms with van der Waals surface area (Å²) in [6.07, 6.45) is 5.33. The molecule has 0 unspecified atom stereocenters. The first-order chi connectivity index (χ1) is 20.9. The number of nitrogens with one attached hydrogen (secondary N) is 1. The molecule has 0 heterocycles. The molecule has 0 spiro atoms. The number of hydrogen-bond acceptors (Lipinski definition) is 4. The molecule has 1 aliphatic rings. The van der Waals surface area contributed by atoms with Crippen LogP contribution in [0.3, 0.4) is 0 Å². The average Bonchev–Trinajstić information content (AvgIpc) is 2.99. The van der Waals surface area contributed by atoms with E-state index in [0.717, 1.165) is 47.5 Å². The maximum absolute atomic E-state index is 14.4. The third-order valence-corrected chi connectivity index (χ3v) is 10.7. The average molecular weight is 659 g/mol. The van der Waals surface area contributed by atoms with Crippen molar-refractivity contribution < 1.29 is 18.0 Å². The van der Waals surface area contributed by atoms with E-state index in [2.05, 4.69) is 5.32 Å². The Hall–Kier alpha value is -3.07. The number of amides is 2. The molecule has 0 bridgehead atoms. The first kappa shape index (κ1) is 33.8. The van der Waals surface area contributed by atoms with Crippen LogP contribution in [0.4, 0.5) is 5.69 Å². The molecule has 7 nitrogen and oxygen atoms in total. The van der Waals surface area contributed by atoms with Gasteiger partial charge in [0.25, 0.3) is 10.0 Å².